The summed E-state index contributed by atoms with van der Waals surface area (Å²) in [6.45, 7) is 7.14. The van der Waals surface area contributed by atoms with Crippen molar-refractivity contribution in [2.24, 2.45) is 0 Å². The lowest BCUT2D eigenvalue weighted by molar-refractivity contribution is -0.164. The van der Waals surface area contributed by atoms with Gasteiger partial charge in [0.05, 0.1) is 36.7 Å². The first kappa shape index (κ1) is 40.8. The van der Waals surface area contributed by atoms with E-state index in [1.165, 1.54) is 49.8 Å². The first-order valence-corrected chi connectivity index (χ1v) is 17.0. The number of likely N-dealkylation sites (N-methyl/N-ethyl adjacent to an activating group) is 1. The van der Waals surface area contributed by atoms with E-state index in [-0.39, 0.29) is 54.0 Å². The average Bonchev–Trinajstić information content (AvgIpc) is 3.38. The SMILES string of the molecule is COc1cc(C/C(C)=C/C=C/[C@H](C)OC)cc(N(C)C(=O)C[C@H](OC(=O)[C@H](C)N(C)C(=O)CCSC2CC(=O)NC2=O)[C@H](C)OC)c1Cl. The minimum absolute atomic E-state index is 0.0105. The van der Waals surface area contributed by atoms with Crippen molar-refractivity contribution < 1.29 is 42.9 Å². The quantitative estimate of drug-likeness (QED) is 0.135. The maximum atomic E-state index is 13.6. The minimum Gasteiger partial charge on any atom is -0.495 e. The Labute approximate surface area is 292 Å². The molecule has 2 rings (SSSR count). The van der Waals surface area contributed by atoms with Crippen LogP contribution in [0.2, 0.25) is 5.02 Å². The zero-order chi connectivity index (χ0) is 36.1. The van der Waals surface area contributed by atoms with Crippen molar-refractivity contribution in [2.45, 2.75) is 83.0 Å². The Kier molecular flexibility index (Phi) is 16.6. The summed E-state index contributed by atoms with van der Waals surface area (Å²) < 4.78 is 21.9. The van der Waals surface area contributed by atoms with Gasteiger partial charge in [0.2, 0.25) is 23.6 Å². The summed E-state index contributed by atoms with van der Waals surface area (Å²) in [6, 6.07) is 2.68. The molecule has 1 aliphatic heterocycles. The number of ether oxygens (including phenoxy) is 4. The molecule has 1 aromatic rings. The highest BCUT2D eigenvalue weighted by Crippen LogP contribution is 2.37. The molecule has 48 heavy (non-hydrogen) atoms. The van der Waals surface area contributed by atoms with Crippen molar-refractivity contribution in [2.75, 3.05) is 46.1 Å². The zero-order valence-electron chi connectivity index (χ0n) is 29.2. The summed E-state index contributed by atoms with van der Waals surface area (Å²) >= 11 is 7.87. The van der Waals surface area contributed by atoms with Crippen molar-refractivity contribution in [1.29, 1.82) is 0 Å². The van der Waals surface area contributed by atoms with E-state index in [4.69, 9.17) is 30.5 Å². The maximum absolute atomic E-state index is 13.6. The molecule has 1 fully saturated rings. The van der Waals surface area contributed by atoms with Gasteiger partial charge in [0.15, 0.2) is 0 Å². The van der Waals surface area contributed by atoms with Gasteiger partial charge in [0.25, 0.3) is 0 Å². The fourth-order valence-corrected chi connectivity index (χ4v) is 5.99. The Balaban J connectivity index is 2.11. The van der Waals surface area contributed by atoms with Gasteiger partial charge in [0.1, 0.15) is 22.9 Å². The maximum Gasteiger partial charge on any atom is 0.328 e. The fourth-order valence-electron chi connectivity index (χ4n) is 4.62. The highest BCUT2D eigenvalue weighted by molar-refractivity contribution is 8.00. The molecule has 12 nitrogen and oxygen atoms in total. The van der Waals surface area contributed by atoms with E-state index >= 15 is 0 Å². The number of rotatable bonds is 18. The molecule has 0 aliphatic carbocycles. The lowest BCUT2D eigenvalue weighted by Crippen LogP contribution is -2.45. The number of methoxy groups -OCH3 is 3. The molecule has 1 aromatic carbocycles. The molecule has 0 aromatic heterocycles. The minimum atomic E-state index is -0.965. The van der Waals surface area contributed by atoms with Gasteiger partial charge in [-0.3, -0.25) is 24.5 Å². The number of nitrogens with zero attached hydrogens (tertiary/aromatic N) is 2. The second-order valence-electron chi connectivity index (χ2n) is 11.6. The highest BCUT2D eigenvalue weighted by Gasteiger charge is 2.33. The van der Waals surface area contributed by atoms with Crippen LogP contribution in [0.1, 0.15) is 52.5 Å². The van der Waals surface area contributed by atoms with E-state index in [0.29, 0.717) is 23.6 Å². The normalized spacial score (nSPS) is 17.5. The number of halogens is 1. The summed E-state index contributed by atoms with van der Waals surface area (Å²) in [5.74, 6) is -1.41. The first-order chi connectivity index (χ1) is 22.6. The lowest BCUT2D eigenvalue weighted by atomic mass is 10.0. The number of nitrogens with one attached hydrogen (secondary N) is 1. The molecule has 1 saturated heterocycles. The monoisotopic (exact) mass is 709 g/mol. The van der Waals surface area contributed by atoms with Gasteiger partial charge in [-0.2, -0.15) is 0 Å². The van der Waals surface area contributed by atoms with Crippen LogP contribution in [0, 0.1) is 0 Å². The van der Waals surface area contributed by atoms with Gasteiger partial charge in [-0.05, 0) is 51.8 Å². The molecule has 1 aliphatic rings. The van der Waals surface area contributed by atoms with Gasteiger partial charge in [0, 0.05) is 46.9 Å². The fraction of sp³-hybridized carbons (Fsp3) is 0.559. The highest BCUT2D eigenvalue weighted by atomic mass is 35.5. The standard InChI is InChI=1S/C34H48ClN3O9S/c1-20(11-10-12-21(2)44-7)15-24-16-25(32(35)27(17-24)46-9)38(6)31(41)18-26(23(4)45-8)47-34(43)22(3)37(5)30(40)13-14-48-28-19-29(39)36-33(28)42/h10-12,16-17,21-23,26,28H,13-15,18-19H2,1-9H3,(H,36,39,42)/b12-10+,20-11+/t21-,22-,23-,26-,28?/m0/s1. The number of benzene rings is 1. The van der Waals surface area contributed by atoms with Crippen molar-refractivity contribution >= 4 is 58.6 Å². The molecular weight excluding hydrogens is 662 g/mol. The van der Waals surface area contributed by atoms with Gasteiger partial charge in [-0.25, -0.2) is 4.79 Å². The number of esters is 1. The van der Waals surface area contributed by atoms with Crippen LogP contribution in [-0.2, 0) is 44.6 Å². The molecule has 5 atom stereocenters. The largest absolute Gasteiger partial charge is 0.495 e. The number of carbonyl (C=O) groups is 5. The van der Waals surface area contributed by atoms with Gasteiger partial charge < -0.3 is 28.7 Å². The molecule has 14 heteroatoms. The Morgan fingerprint density at radius 1 is 1.08 bits per heavy atom. The van der Waals surface area contributed by atoms with Gasteiger partial charge >= 0.3 is 5.97 Å². The Hall–Kier alpha value is -3.39. The third-order valence-corrected chi connectivity index (χ3v) is 9.67. The van der Waals surface area contributed by atoms with Crippen LogP contribution in [0.5, 0.6) is 5.75 Å². The van der Waals surface area contributed by atoms with E-state index in [1.807, 2.05) is 44.2 Å². The van der Waals surface area contributed by atoms with Crippen LogP contribution in [0.3, 0.4) is 0 Å². The zero-order valence-corrected chi connectivity index (χ0v) is 30.7. The number of carbonyl (C=O) groups excluding carboxylic acids is 5. The average molecular weight is 710 g/mol. The van der Waals surface area contributed by atoms with Gasteiger partial charge in [-0.15, -0.1) is 11.8 Å². The Morgan fingerprint density at radius 2 is 1.77 bits per heavy atom. The van der Waals surface area contributed by atoms with Crippen molar-refractivity contribution in [1.82, 2.24) is 10.2 Å². The molecular formula is C34H48ClN3O9S. The molecule has 4 amide bonds. The van der Waals surface area contributed by atoms with E-state index in [0.717, 1.165) is 11.1 Å². The van der Waals surface area contributed by atoms with E-state index in [2.05, 4.69) is 5.32 Å². The summed E-state index contributed by atoms with van der Waals surface area (Å²) in [5, 5.41) is 1.97. The van der Waals surface area contributed by atoms with E-state index in [1.54, 1.807) is 21.1 Å². The molecule has 1 heterocycles. The Morgan fingerprint density at radius 3 is 2.35 bits per heavy atom. The van der Waals surface area contributed by atoms with Crippen molar-refractivity contribution in [3.63, 3.8) is 0 Å². The molecule has 1 unspecified atom stereocenters. The number of anilines is 1. The molecule has 0 spiro atoms. The Bertz CT molecular complexity index is 1390. The third-order valence-electron chi connectivity index (χ3n) is 8.07. The number of hydrogen-bond donors (Lipinski definition) is 1. The lowest BCUT2D eigenvalue weighted by Gasteiger charge is -2.29. The predicted molar refractivity (Wildman–Crippen MR) is 186 cm³/mol. The summed E-state index contributed by atoms with van der Waals surface area (Å²) in [7, 11) is 7.65. The summed E-state index contributed by atoms with van der Waals surface area (Å²) in [4.78, 5) is 65.4. The van der Waals surface area contributed by atoms with E-state index < -0.39 is 29.5 Å². The molecule has 266 valence electrons. The van der Waals surface area contributed by atoms with Crippen LogP contribution < -0.4 is 15.0 Å². The van der Waals surface area contributed by atoms with Crippen LogP contribution in [0.15, 0.2) is 35.9 Å². The van der Waals surface area contributed by atoms with Crippen LogP contribution >= 0.6 is 23.4 Å². The van der Waals surface area contributed by atoms with Crippen molar-refractivity contribution in [3.8, 4) is 5.75 Å². The third kappa shape index (κ3) is 11.9. The van der Waals surface area contributed by atoms with Crippen molar-refractivity contribution in [3.05, 3.63) is 46.5 Å². The summed E-state index contributed by atoms with van der Waals surface area (Å²) in [5.41, 5.74) is 2.37. The molecule has 0 radical (unpaired) electrons. The second kappa shape index (κ2) is 19.6. The van der Waals surface area contributed by atoms with Crippen LogP contribution in [0.25, 0.3) is 0 Å². The molecule has 0 bridgehead atoms. The summed E-state index contributed by atoms with van der Waals surface area (Å²) in [6.07, 6.45) is 4.74. The number of allylic oxidation sites excluding steroid dienone is 3. The molecule has 0 saturated carbocycles. The van der Waals surface area contributed by atoms with E-state index in [9.17, 15) is 24.0 Å². The number of imide groups is 1. The topological polar surface area (TPSA) is 141 Å². The number of hydrogen-bond acceptors (Lipinski definition) is 10. The van der Waals surface area contributed by atoms with Gasteiger partial charge in [-0.1, -0.05) is 35.4 Å². The smallest absolute Gasteiger partial charge is 0.328 e. The predicted octanol–water partition coefficient (Wildman–Crippen LogP) is 4.11. The van der Waals surface area contributed by atoms with Crippen LogP contribution in [-0.4, -0.2) is 105 Å². The number of amides is 4. The molecule has 1 N–H and O–H groups in total. The van der Waals surface area contributed by atoms with Crippen LogP contribution in [0.4, 0.5) is 5.69 Å². The second-order valence-corrected chi connectivity index (χ2v) is 13.3. The first-order valence-electron chi connectivity index (χ1n) is 15.6. The number of thioether (sulfide) groups is 1.